The zero-order chi connectivity index (χ0) is 13.4. The minimum Gasteiger partial charge on any atom is -0.493 e. The summed E-state index contributed by atoms with van der Waals surface area (Å²) in [7, 11) is 0. The third kappa shape index (κ3) is 2.38. The Balaban J connectivity index is 1.95. The Bertz CT molecular complexity index is 574. The Morgan fingerprint density at radius 2 is 2.21 bits per heavy atom. The third-order valence-electron chi connectivity index (χ3n) is 3.55. The van der Waals surface area contributed by atoms with Gasteiger partial charge in [-0.3, -0.25) is 0 Å². The number of rotatable bonds is 2. The van der Waals surface area contributed by atoms with Gasteiger partial charge in [0.15, 0.2) is 0 Å². The van der Waals surface area contributed by atoms with Crippen molar-refractivity contribution in [3.8, 4) is 5.75 Å². The molecule has 1 N–H and O–H groups in total. The molecule has 2 nitrogen and oxygen atoms in total. The number of aliphatic hydroxyl groups is 1. The van der Waals surface area contributed by atoms with E-state index in [0.29, 0.717) is 6.61 Å². The molecule has 0 amide bonds. The average Bonchev–Trinajstić information content (AvgIpc) is 2.77. The average molecular weight is 295 g/mol. The molecule has 0 fully saturated rings. The maximum Gasteiger partial charge on any atom is 0.122 e. The fourth-order valence-corrected chi connectivity index (χ4v) is 3.79. The first-order valence-electron chi connectivity index (χ1n) is 6.32. The van der Waals surface area contributed by atoms with Crippen molar-refractivity contribution in [3.63, 3.8) is 0 Å². The Hall–Kier alpha value is -1.03. The molecule has 1 aliphatic rings. The van der Waals surface area contributed by atoms with Crippen LogP contribution in [0.5, 0.6) is 5.75 Å². The topological polar surface area (TPSA) is 29.5 Å². The van der Waals surface area contributed by atoms with Gasteiger partial charge in [-0.05, 0) is 31.0 Å². The monoisotopic (exact) mass is 294 g/mol. The number of aliphatic hydroxyl groups excluding tert-OH is 1. The molecule has 0 aliphatic carbocycles. The molecule has 4 heteroatoms. The summed E-state index contributed by atoms with van der Waals surface area (Å²) in [5.74, 6) is 0.969. The second-order valence-electron chi connectivity index (χ2n) is 4.83. The standard InChI is InChI=1S/C15H15ClO2S/c1-9-8-13(19-15(9)16)14(17)11-6-7-18-12-5-3-2-4-10(11)12/h2-5,8,11,14,17H,6-7H2,1H3. The molecule has 0 spiro atoms. The van der Waals surface area contributed by atoms with Crippen LogP contribution in [0, 0.1) is 6.92 Å². The van der Waals surface area contributed by atoms with Crippen molar-refractivity contribution in [1.82, 2.24) is 0 Å². The Labute approximate surface area is 121 Å². The van der Waals surface area contributed by atoms with E-state index in [-0.39, 0.29) is 5.92 Å². The molecule has 2 unspecified atom stereocenters. The number of halogens is 1. The van der Waals surface area contributed by atoms with Crippen molar-refractivity contribution < 1.29 is 9.84 Å². The van der Waals surface area contributed by atoms with Crippen molar-refractivity contribution in [2.45, 2.75) is 25.4 Å². The predicted octanol–water partition coefficient (Wildman–Crippen LogP) is 4.31. The number of thiophene rings is 1. The number of aryl methyl sites for hydroxylation is 1. The molecule has 0 bridgehead atoms. The summed E-state index contributed by atoms with van der Waals surface area (Å²) in [6.45, 7) is 2.61. The van der Waals surface area contributed by atoms with Gasteiger partial charge in [-0.1, -0.05) is 29.8 Å². The normalized spacial score (nSPS) is 19.6. The van der Waals surface area contributed by atoms with Crippen molar-refractivity contribution in [1.29, 1.82) is 0 Å². The van der Waals surface area contributed by atoms with Crippen molar-refractivity contribution in [2.75, 3.05) is 6.61 Å². The van der Waals surface area contributed by atoms with E-state index in [1.807, 2.05) is 37.3 Å². The van der Waals surface area contributed by atoms with Crippen LogP contribution in [0.3, 0.4) is 0 Å². The molecule has 0 radical (unpaired) electrons. The first kappa shape index (κ1) is 13.0. The van der Waals surface area contributed by atoms with E-state index in [1.54, 1.807) is 0 Å². The maximum atomic E-state index is 10.6. The lowest BCUT2D eigenvalue weighted by molar-refractivity contribution is 0.120. The summed E-state index contributed by atoms with van der Waals surface area (Å²) in [6, 6.07) is 9.92. The lowest BCUT2D eigenvalue weighted by Gasteiger charge is -2.29. The quantitative estimate of drug-likeness (QED) is 0.894. The van der Waals surface area contributed by atoms with Crippen LogP contribution in [-0.2, 0) is 0 Å². The highest BCUT2D eigenvalue weighted by Crippen LogP contribution is 2.44. The van der Waals surface area contributed by atoms with Gasteiger partial charge in [0, 0.05) is 16.4 Å². The SMILES string of the molecule is Cc1cc(C(O)C2CCOc3ccccc32)sc1Cl. The molecule has 19 heavy (non-hydrogen) atoms. The van der Waals surface area contributed by atoms with E-state index in [0.717, 1.165) is 32.5 Å². The molecule has 2 atom stereocenters. The second kappa shape index (κ2) is 5.16. The summed E-state index contributed by atoms with van der Waals surface area (Å²) in [5.41, 5.74) is 2.12. The molecule has 100 valence electrons. The summed E-state index contributed by atoms with van der Waals surface area (Å²) in [5, 5.41) is 10.6. The summed E-state index contributed by atoms with van der Waals surface area (Å²) < 4.78 is 6.39. The highest BCUT2D eigenvalue weighted by molar-refractivity contribution is 7.16. The van der Waals surface area contributed by atoms with Crippen LogP contribution in [0.4, 0.5) is 0 Å². The minimum absolute atomic E-state index is 0.0825. The molecule has 0 saturated carbocycles. The largest absolute Gasteiger partial charge is 0.493 e. The van der Waals surface area contributed by atoms with Crippen LogP contribution in [0.2, 0.25) is 4.34 Å². The zero-order valence-corrected chi connectivity index (χ0v) is 12.2. The highest BCUT2D eigenvalue weighted by atomic mass is 35.5. The van der Waals surface area contributed by atoms with Gasteiger partial charge in [0.2, 0.25) is 0 Å². The molecule has 1 aromatic heterocycles. The number of fused-ring (bicyclic) bond motifs is 1. The molecule has 1 aliphatic heterocycles. The molecular formula is C15H15ClO2S. The van der Waals surface area contributed by atoms with Gasteiger partial charge < -0.3 is 9.84 Å². The molecule has 1 aromatic carbocycles. The summed E-state index contributed by atoms with van der Waals surface area (Å²) in [6.07, 6.45) is 0.313. The number of benzene rings is 1. The van der Waals surface area contributed by atoms with E-state index in [1.165, 1.54) is 11.3 Å². The van der Waals surface area contributed by atoms with Gasteiger partial charge >= 0.3 is 0 Å². The first-order chi connectivity index (χ1) is 9.16. The predicted molar refractivity (Wildman–Crippen MR) is 78.3 cm³/mol. The van der Waals surface area contributed by atoms with Gasteiger partial charge in [-0.15, -0.1) is 11.3 Å². The number of ether oxygens (including phenoxy) is 1. The van der Waals surface area contributed by atoms with E-state index in [9.17, 15) is 5.11 Å². The number of para-hydroxylation sites is 1. The van der Waals surface area contributed by atoms with E-state index in [4.69, 9.17) is 16.3 Å². The van der Waals surface area contributed by atoms with Crippen LogP contribution in [0.25, 0.3) is 0 Å². The molecule has 0 saturated heterocycles. The van der Waals surface area contributed by atoms with E-state index < -0.39 is 6.10 Å². The van der Waals surface area contributed by atoms with E-state index >= 15 is 0 Å². The van der Waals surface area contributed by atoms with Crippen molar-refractivity contribution >= 4 is 22.9 Å². The Kier molecular flexibility index (Phi) is 3.52. The molecule has 2 heterocycles. The zero-order valence-electron chi connectivity index (χ0n) is 10.6. The minimum atomic E-state index is -0.513. The highest BCUT2D eigenvalue weighted by Gasteiger charge is 2.29. The maximum absolute atomic E-state index is 10.6. The Morgan fingerprint density at radius 3 is 2.95 bits per heavy atom. The third-order valence-corrected chi connectivity index (χ3v) is 5.18. The number of hydrogen-bond acceptors (Lipinski definition) is 3. The van der Waals surface area contributed by atoms with Gasteiger partial charge in [0.25, 0.3) is 0 Å². The molecular weight excluding hydrogens is 280 g/mol. The smallest absolute Gasteiger partial charge is 0.122 e. The lowest BCUT2D eigenvalue weighted by atomic mass is 9.87. The van der Waals surface area contributed by atoms with Crippen LogP contribution < -0.4 is 4.74 Å². The van der Waals surface area contributed by atoms with Crippen LogP contribution in [0.1, 0.15) is 34.4 Å². The second-order valence-corrected chi connectivity index (χ2v) is 6.52. The number of hydrogen-bond donors (Lipinski definition) is 1. The van der Waals surface area contributed by atoms with Crippen LogP contribution >= 0.6 is 22.9 Å². The first-order valence-corrected chi connectivity index (χ1v) is 7.52. The van der Waals surface area contributed by atoms with Crippen LogP contribution in [0.15, 0.2) is 30.3 Å². The molecule has 3 rings (SSSR count). The van der Waals surface area contributed by atoms with E-state index in [2.05, 4.69) is 0 Å². The van der Waals surface area contributed by atoms with Crippen LogP contribution in [-0.4, -0.2) is 11.7 Å². The van der Waals surface area contributed by atoms with Gasteiger partial charge in [-0.2, -0.15) is 0 Å². The fourth-order valence-electron chi connectivity index (χ4n) is 2.53. The fraction of sp³-hybridized carbons (Fsp3) is 0.333. The summed E-state index contributed by atoms with van der Waals surface area (Å²) >= 11 is 7.56. The van der Waals surface area contributed by atoms with Crippen molar-refractivity contribution in [3.05, 3.63) is 50.7 Å². The summed E-state index contributed by atoms with van der Waals surface area (Å²) in [4.78, 5) is 0.934. The van der Waals surface area contributed by atoms with Gasteiger partial charge in [0.05, 0.1) is 17.0 Å². The Morgan fingerprint density at radius 1 is 1.42 bits per heavy atom. The molecule has 2 aromatic rings. The van der Waals surface area contributed by atoms with Gasteiger partial charge in [-0.25, -0.2) is 0 Å². The van der Waals surface area contributed by atoms with Gasteiger partial charge in [0.1, 0.15) is 5.75 Å². The lowest BCUT2D eigenvalue weighted by Crippen LogP contribution is -2.19. The van der Waals surface area contributed by atoms with Crippen molar-refractivity contribution in [2.24, 2.45) is 0 Å².